The molecule has 4 rings (SSSR count). The van der Waals surface area contributed by atoms with Crippen molar-refractivity contribution in [2.75, 3.05) is 27.3 Å². The maximum atomic E-state index is 13.1. The van der Waals surface area contributed by atoms with E-state index in [1.165, 1.54) is 16.8 Å². The molecule has 2 aromatic carbocycles. The third-order valence-electron chi connectivity index (χ3n) is 6.03. The Morgan fingerprint density at radius 3 is 2.55 bits per heavy atom. The molecule has 0 fully saturated rings. The van der Waals surface area contributed by atoms with Crippen LogP contribution in [-0.4, -0.2) is 42.7 Å². The van der Waals surface area contributed by atoms with Crippen molar-refractivity contribution in [3.05, 3.63) is 83.2 Å². The number of benzene rings is 2. The van der Waals surface area contributed by atoms with E-state index in [9.17, 15) is 4.79 Å². The number of carbonyl (C=O) groups is 1. The molecular weight excluding hydrogens is 390 g/mol. The summed E-state index contributed by atoms with van der Waals surface area (Å²) >= 11 is 0. The molecule has 0 radical (unpaired) electrons. The van der Waals surface area contributed by atoms with Crippen LogP contribution in [0.3, 0.4) is 0 Å². The first-order valence-corrected chi connectivity index (χ1v) is 10.5. The van der Waals surface area contributed by atoms with Gasteiger partial charge in [-0.25, -0.2) is 0 Å². The number of hydrogen-bond donors (Lipinski definition) is 1. The van der Waals surface area contributed by atoms with Gasteiger partial charge in [-0.05, 0) is 41.8 Å². The summed E-state index contributed by atoms with van der Waals surface area (Å²) in [5.41, 5.74) is 4.41. The molecule has 0 bridgehead atoms. The highest BCUT2D eigenvalue weighted by atomic mass is 16.5. The minimum Gasteiger partial charge on any atom is -0.493 e. The smallest absolute Gasteiger partial charge is 0.255 e. The first kappa shape index (κ1) is 21.0. The van der Waals surface area contributed by atoms with Gasteiger partial charge in [0.15, 0.2) is 11.5 Å². The van der Waals surface area contributed by atoms with E-state index in [-0.39, 0.29) is 11.9 Å². The maximum Gasteiger partial charge on any atom is 0.255 e. The predicted molar refractivity (Wildman–Crippen MR) is 121 cm³/mol. The molecule has 1 atom stereocenters. The van der Waals surface area contributed by atoms with Crippen molar-refractivity contribution in [1.29, 1.82) is 0 Å². The lowest BCUT2D eigenvalue weighted by Crippen LogP contribution is -2.41. The van der Waals surface area contributed by atoms with Gasteiger partial charge >= 0.3 is 0 Å². The number of para-hydroxylation sites is 1. The second kappa shape index (κ2) is 9.27. The van der Waals surface area contributed by atoms with Gasteiger partial charge in [0.1, 0.15) is 0 Å². The molecule has 1 N–H and O–H groups in total. The van der Waals surface area contributed by atoms with Crippen LogP contribution in [0.2, 0.25) is 0 Å². The van der Waals surface area contributed by atoms with Gasteiger partial charge in [0, 0.05) is 38.6 Å². The SMILES string of the molecule is COc1cccc(C(=O)NCC(c2cccn2C)N2CCc3ccccc3C2)c1OC. The lowest BCUT2D eigenvalue weighted by atomic mass is 9.97. The van der Waals surface area contributed by atoms with Crippen LogP contribution in [0.4, 0.5) is 0 Å². The molecule has 1 aliphatic heterocycles. The number of fused-ring (bicyclic) bond motifs is 1. The number of aromatic nitrogens is 1. The van der Waals surface area contributed by atoms with E-state index >= 15 is 0 Å². The van der Waals surface area contributed by atoms with Crippen LogP contribution >= 0.6 is 0 Å². The Bertz CT molecular complexity index is 1060. The van der Waals surface area contributed by atoms with E-state index in [1.54, 1.807) is 32.4 Å². The number of carbonyl (C=O) groups excluding carboxylic acids is 1. The topological polar surface area (TPSA) is 55.7 Å². The molecule has 0 saturated carbocycles. The lowest BCUT2D eigenvalue weighted by Gasteiger charge is -2.36. The van der Waals surface area contributed by atoms with Gasteiger partial charge in [-0.3, -0.25) is 9.69 Å². The highest BCUT2D eigenvalue weighted by Crippen LogP contribution is 2.31. The van der Waals surface area contributed by atoms with Crippen LogP contribution in [0, 0.1) is 0 Å². The highest BCUT2D eigenvalue weighted by molar-refractivity contribution is 5.97. The number of amides is 1. The van der Waals surface area contributed by atoms with E-state index in [0.717, 1.165) is 19.5 Å². The van der Waals surface area contributed by atoms with Crippen molar-refractivity contribution >= 4 is 5.91 Å². The minimum atomic E-state index is -0.174. The molecule has 6 heteroatoms. The number of nitrogens with one attached hydrogen (secondary N) is 1. The average molecular weight is 420 g/mol. The number of methoxy groups -OCH3 is 2. The Hall–Kier alpha value is -3.25. The summed E-state index contributed by atoms with van der Waals surface area (Å²) in [5, 5.41) is 3.13. The number of nitrogens with zero attached hydrogens (tertiary/aromatic N) is 2. The fourth-order valence-electron chi connectivity index (χ4n) is 4.38. The van der Waals surface area contributed by atoms with Gasteiger partial charge in [-0.2, -0.15) is 0 Å². The van der Waals surface area contributed by atoms with Gasteiger partial charge in [0.2, 0.25) is 0 Å². The molecule has 31 heavy (non-hydrogen) atoms. The second-order valence-corrected chi connectivity index (χ2v) is 7.80. The van der Waals surface area contributed by atoms with Gasteiger partial charge in [-0.15, -0.1) is 0 Å². The van der Waals surface area contributed by atoms with Crippen molar-refractivity contribution in [2.45, 2.75) is 19.0 Å². The molecule has 0 aliphatic carbocycles. The fraction of sp³-hybridized carbons (Fsp3) is 0.320. The maximum absolute atomic E-state index is 13.1. The molecule has 0 saturated heterocycles. The van der Waals surface area contributed by atoms with Gasteiger partial charge in [-0.1, -0.05) is 30.3 Å². The van der Waals surface area contributed by atoms with E-state index in [2.05, 4.69) is 45.1 Å². The molecule has 0 spiro atoms. The highest BCUT2D eigenvalue weighted by Gasteiger charge is 2.27. The number of aryl methyl sites for hydroxylation is 1. The van der Waals surface area contributed by atoms with Crippen molar-refractivity contribution in [2.24, 2.45) is 7.05 Å². The van der Waals surface area contributed by atoms with Gasteiger partial charge < -0.3 is 19.4 Å². The van der Waals surface area contributed by atoms with Crippen LogP contribution in [0.15, 0.2) is 60.8 Å². The van der Waals surface area contributed by atoms with Crippen molar-refractivity contribution in [3.8, 4) is 11.5 Å². The third kappa shape index (κ3) is 4.30. The molecule has 3 aromatic rings. The zero-order valence-electron chi connectivity index (χ0n) is 18.3. The zero-order chi connectivity index (χ0) is 21.8. The lowest BCUT2D eigenvalue weighted by molar-refractivity contribution is 0.0921. The molecule has 2 heterocycles. The molecule has 1 unspecified atom stereocenters. The molecule has 1 amide bonds. The van der Waals surface area contributed by atoms with Gasteiger partial charge in [0.25, 0.3) is 5.91 Å². The zero-order valence-corrected chi connectivity index (χ0v) is 18.3. The summed E-state index contributed by atoms with van der Waals surface area (Å²) in [6.45, 7) is 2.31. The first-order valence-electron chi connectivity index (χ1n) is 10.5. The number of ether oxygens (including phenoxy) is 2. The summed E-state index contributed by atoms with van der Waals surface area (Å²) < 4.78 is 12.9. The molecular formula is C25H29N3O3. The molecule has 1 aromatic heterocycles. The van der Waals surface area contributed by atoms with Crippen molar-refractivity contribution < 1.29 is 14.3 Å². The number of hydrogen-bond acceptors (Lipinski definition) is 4. The second-order valence-electron chi connectivity index (χ2n) is 7.80. The summed E-state index contributed by atoms with van der Waals surface area (Å²) in [4.78, 5) is 15.5. The van der Waals surface area contributed by atoms with E-state index in [4.69, 9.17) is 9.47 Å². The van der Waals surface area contributed by atoms with E-state index < -0.39 is 0 Å². The van der Waals surface area contributed by atoms with E-state index in [1.807, 2.05) is 19.3 Å². The quantitative estimate of drug-likeness (QED) is 0.636. The molecule has 162 valence electrons. The number of rotatable bonds is 7. The van der Waals surface area contributed by atoms with E-state index in [0.29, 0.717) is 23.6 Å². The van der Waals surface area contributed by atoms with Crippen molar-refractivity contribution in [3.63, 3.8) is 0 Å². The predicted octanol–water partition coefficient (Wildman–Crippen LogP) is 3.57. The Morgan fingerprint density at radius 2 is 1.84 bits per heavy atom. The van der Waals surface area contributed by atoms with Crippen molar-refractivity contribution in [1.82, 2.24) is 14.8 Å². The molecule has 1 aliphatic rings. The summed E-state index contributed by atoms with van der Waals surface area (Å²) in [6.07, 6.45) is 3.06. The van der Waals surface area contributed by atoms with Crippen LogP contribution in [0.1, 0.15) is 33.2 Å². The Balaban J connectivity index is 1.56. The molecule has 6 nitrogen and oxygen atoms in total. The normalized spacial score (nSPS) is 14.5. The fourth-order valence-corrected chi connectivity index (χ4v) is 4.38. The van der Waals surface area contributed by atoms with Crippen LogP contribution in [0.5, 0.6) is 11.5 Å². The minimum absolute atomic E-state index is 0.0638. The first-order chi connectivity index (χ1) is 15.1. The third-order valence-corrected chi connectivity index (χ3v) is 6.03. The Labute approximate surface area is 183 Å². The van der Waals surface area contributed by atoms with Gasteiger partial charge in [0.05, 0.1) is 25.8 Å². The largest absolute Gasteiger partial charge is 0.493 e. The Kier molecular flexibility index (Phi) is 6.28. The average Bonchev–Trinajstić information content (AvgIpc) is 3.23. The Morgan fingerprint density at radius 1 is 1.03 bits per heavy atom. The monoisotopic (exact) mass is 419 g/mol. The van der Waals surface area contributed by atoms with Crippen LogP contribution in [0.25, 0.3) is 0 Å². The van der Waals surface area contributed by atoms with Crippen LogP contribution < -0.4 is 14.8 Å². The van der Waals surface area contributed by atoms with Crippen LogP contribution in [-0.2, 0) is 20.0 Å². The summed E-state index contributed by atoms with van der Waals surface area (Å²) in [6, 6.07) is 18.2. The summed E-state index contributed by atoms with van der Waals surface area (Å²) in [7, 11) is 5.17. The standard InChI is InChI=1S/C25H29N3O3/c1-27-14-7-11-21(27)22(28-15-13-18-8-4-5-9-19(18)17-28)16-26-25(29)20-10-6-12-23(30-2)24(20)31-3/h4-12,14,22H,13,15-17H2,1-3H3,(H,26,29). The summed E-state index contributed by atoms with van der Waals surface area (Å²) in [5.74, 6) is 0.818.